The highest BCUT2D eigenvalue weighted by Gasteiger charge is 2.32. The number of aryl methyl sites for hydroxylation is 1. The van der Waals surface area contributed by atoms with Crippen LogP contribution in [0.3, 0.4) is 0 Å². The molecule has 2 rings (SSSR count). The minimum atomic E-state index is -0.454. The molecule has 0 aliphatic carbocycles. The molecule has 0 radical (unpaired) electrons. The Kier molecular flexibility index (Phi) is 3.61. The van der Waals surface area contributed by atoms with Crippen LogP contribution in [0.25, 0.3) is 0 Å². The van der Waals surface area contributed by atoms with E-state index in [1.165, 1.54) is 0 Å². The molecule has 94 valence electrons. The van der Waals surface area contributed by atoms with Crippen molar-refractivity contribution >= 4 is 17.3 Å². The highest BCUT2D eigenvalue weighted by Crippen LogP contribution is 2.27. The zero-order valence-corrected chi connectivity index (χ0v) is 11.0. The lowest BCUT2D eigenvalue weighted by Gasteiger charge is -2.17. The van der Waals surface area contributed by atoms with Gasteiger partial charge in [0.1, 0.15) is 0 Å². The van der Waals surface area contributed by atoms with Gasteiger partial charge in [0.25, 0.3) is 0 Å². The van der Waals surface area contributed by atoms with E-state index in [2.05, 4.69) is 0 Å². The van der Waals surface area contributed by atoms with Crippen LogP contribution in [0.2, 0.25) is 5.02 Å². The van der Waals surface area contributed by atoms with E-state index in [1.807, 2.05) is 32.0 Å². The van der Waals surface area contributed by atoms with Crippen LogP contribution in [-0.4, -0.2) is 18.5 Å². The van der Waals surface area contributed by atoms with Gasteiger partial charge >= 0.3 is 0 Å². The van der Waals surface area contributed by atoms with E-state index < -0.39 is 5.79 Å². The topological polar surface area (TPSA) is 44.5 Å². The number of hydrogen-bond donors (Lipinski definition) is 1. The molecule has 0 bridgehead atoms. The standard InChI is InChI=1S/C13H18ClNO2/c1-13(2)16-8-11(17-13)5-3-9-7-10(15)4-6-12(9)14/h4,6-7,11H,3,5,8,15H2,1-2H3. The molecule has 17 heavy (non-hydrogen) atoms. The van der Waals surface area contributed by atoms with Crippen LogP contribution < -0.4 is 5.73 Å². The number of benzene rings is 1. The summed E-state index contributed by atoms with van der Waals surface area (Å²) in [7, 11) is 0. The summed E-state index contributed by atoms with van der Waals surface area (Å²) in [5.74, 6) is -0.454. The molecular weight excluding hydrogens is 238 g/mol. The van der Waals surface area contributed by atoms with Gasteiger partial charge in [-0.3, -0.25) is 0 Å². The fourth-order valence-electron chi connectivity index (χ4n) is 2.01. The zero-order chi connectivity index (χ0) is 12.5. The molecule has 1 aliphatic heterocycles. The summed E-state index contributed by atoms with van der Waals surface area (Å²) in [4.78, 5) is 0. The quantitative estimate of drug-likeness (QED) is 0.845. The van der Waals surface area contributed by atoms with E-state index in [1.54, 1.807) is 0 Å². The second-order valence-corrected chi connectivity index (χ2v) is 5.25. The SMILES string of the molecule is CC1(C)OCC(CCc2cc(N)ccc2Cl)O1. The van der Waals surface area contributed by atoms with Crippen LogP contribution in [0.4, 0.5) is 5.69 Å². The number of rotatable bonds is 3. The van der Waals surface area contributed by atoms with E-state index in [4.69, 9.17) is 26.8 Å². The summed E-state index contributed by atoms with van der Waals surface area (Å²) < 4.78 is 11.3. The Hall–Kier alpha value is -0.770. The van der Waals surface area contributed by atoms with Crippen LogP contribution in [-0.2, 0) is 15.9 Å². The number of nitrogen functional groups attached to an aromatic ring is 1. The van der Waals surface area contributed by atoms with Gasteiger partial charge in [-0.25, -0.2) is 0 Å². The van der Waals surface area contributed by atoms with Crippen molar-refractivity contribution in [1.82, 2.24) is 0 Å². The summed E-state index contributed by atoms with van der Waals surface area (Å²) in [6.45, 7) is 4.51. The number of ether oxygens (including phenoxy) is 2. The fraction of sp³-hybridized carbons (Fsp3) is 0.538. The van der Waals surface area contributed by atoms with Crippen molar-refractivity contribution in [2.24, 2.45) is 0 Å². The second-order valence-electron chi connectivity index (χ2n) is 4.84. The maximum Gasteiger partial charge on any atom is 0.163 e. The first-order chi connectivity index (χ1) is 7.96. The molecule has 1 unspecified atom stereocenters. The molecule has 1 heterocycles. The number of anilines is 1. The van der Waals surface area contributed by atoms with Gasteiger partial charge in [0.15, 0.2) is 5.79 Å². The average molecular weight is 256 g/mol. The minimum absolute atomic E-state index is 0.141. The van der Waals surface area contributed by atoms with Crippen molar-refractivity contribution in [3.8, 4) is 0 Å². The molecule has 3 nitrogen and oxygen atoms in total. The maximum absolute atomic E-state index is 6.11. The van der Waals surface area contributed by atoms with Gasteiger partial charge < -0.3 is 15.2 Å². The molecule has 4 heteroatoms. The third-order valence-electron chi connectivity index (χ3n) is 2.87. The second kappa shape index (κ2) is 4.84. The minimum Gasteiger partial charge on any atom is -0.399 e. The number of hydrogen-bond acceptors (Lipinski definition) is 3. The molecular formula is C13H18ClNO2. The van der Waals surface area contributed by atoms with Crippen LogP contribution in [0, 0.1) is 0 Å². The molecule has 1 fully saturated rings. The zero-order valence-electron chi connectivity index (χ0n) is 10.2. The molecule has 0 saturated carbocycles. The summed E-state index contributed by atoms with van der Waals surface area (Å²) >= 11 is 6.11. The molecule has 1 aromatic carbocycles. The molecule has 0 aromatic heterocycles. The summed E-state index contributed by atoms with van der Waals surface area (Å²) in [6, 6.07) is 5.57. The van der Waals surface area contributed by atoms with E-state index in [0.717, 1.165) is 29.1 Å². The van der Waals surface area contributed by atoms with E-state index in [9.17, 15) is 0 Å². The Morgan fingerprint density at radius 1 is 1.47 bits per heavy atom. The van der Waals surface area contributed by atoms with Crippen LogP contribution >= 0.6 is 11.6 Å². The van der Waals surface area contributed by atoms with Gasteiger partial charge in [0, 0.05) is 10.7 Å². The van der Waals surface area contributed by atoms with Crippen molar-refractivity contribution < 1.29 is 9.47 Å². The first-order valence-electron chi connectivity index (χ1n) is 5.82. The largest absolute Gasteiger partial charge is 0.399 e. The first-order valence-corrected chi connectivity index (χ1v) is 6.20. The normalized spacial score (nSPS) is 22.9. The lowest BCUT2D eigenvalue weighted by Crippen LogP contribution is -2.21. The third kappa shape index (κ3) is 3.35. The Morgan fingerprint density at radius 2 is 2.24 bits per heavy atom. The Labute approximate surface area is 107 Å². The number of halogens is 1. The Bertz CT molecular complexity index is 406. The average Bonchev–Trinajstić information content (AvgIpc) is 2.60. The molecule has 0 spiro atoms. The van der Waals surface area contributed by atoms with Gasteiger partial charge in [-0.1, -0.05) is 11.6 Å². The fourth-order valence-corrected chi connectivity index (χ4v) is 2.22. The van der Waals surface area contributed by atoms with Crippen LogP contribution in [0.1, 0.15) is 25.8 Å². The molecule has 1 atom stereocenters. The van der Waals surface area contributed by atoms with Crippen molar-refractivity contribution in [2.45, 2.75) is 38.6 Å². The summed E-state index contributed by atoms with van der Waals surface area (Å²) in [5.41, 5.74) is 7.55. The lowest BCUT2D eigenvalue weighted by molar-refractivity contribution is -0.138. The third-order valence-corrected chi connectivity index (χ3v) is 3.24. The molecule has 1 saturated heterocycles. The predicted molar refractivity (Wildman–Crippen MR) is 69.1 cm³/mol. The van der Waals surface area contributed by atoms with E-state index in [0.29, 0.717) is 6.61 Å². The monoisotopic (exact) mass is 255 g/mol. The smallest absolute Gasteiger partial charge is 0.163 e. The summed E-state index contributed by atoms with van der Waals surface area (Å²) in [5, 5.41) is 0.761. The first kappa shape index (κ1) is 12.7. The van der Waals surface area contributed by atoms with Gasteiger partial charge in [-0.05, 0) is 50.5 Å². The van der Waals surface area contributed by atoms with Crippen molar-refractivity contribution in [3.05, 3.63) is 28.8 Å². The Morgan fingerprint density at radius 3 is 2.88 bits per heavy atom. The van der Waals surface area contributed by atoms with Gasteiger partial charge in [-0.2, -0.15) is 0 Å². The maximum atomic E-state index is 6.11. The van der Waals surface area contributed by atoms with Crippen LogP contribution in [0.5, 0.6) is 0 Å². The predicted octanol–water partition coefficient (Wildman–Crippen LogP) is 3.01. The van der Waals surface area contributed by atoms with Crippen LogP contribution in [0.15, 0.2) is 18.2 Å². The highest BCUT2D eigenvalue weighted by atomic mass is 35.5. The highest BCUT2D eigenvalue weighted by molar-refractivity contribution is 6.31. The molecule has 1 aliphatic rings. The Balaban J connectivity index is 1.92. The number of nitrogens with two attached hydrogens (primary N) is 1. The van der Waals surface area contributed by atoms with Gasteiger partial charge in [0.05, 0.1) is 12.7 Å². The molecule has 2 N–H and O–H groups in total. The molecule has 1 aromatic rings. The van der Waals surface area contributed by atoms with E-state index in [-0.39, 0.29) is 6.10 Å². The molecule has 0 amide bonds. The van der Waals surface area contributed by atoms with Crippen molar-refractivity contribution in [2.75, 3.05) is 12.3 Å². The lowest BCUT2D eigenvalue weighted by atomic mass is 10.1. The van der Waals surface area contributed by atoms with Crippen molar-refractivity contribution in [1.29, 1.82) is 0 Å². The van der Waals surface area contributed by atoms with Crippen molar-refractivity contribution in [3.63, 3.8) is 0 Å². The van der Waals surface area contributed by atoms with E-state index >= 15 is 0 Å². The van der Waals surface area contributed by atoms with Gasteiger partial charge in [-0.15, -0.1) is 0 Å². The van der Waals surface area contributed by atoms with Gasteiger partial charge in [0.2, 0.25) is 0 Å². The summed E-state index contributed by atoms with van der Waals surface area (Å²) in [6.07, 6.45) is 1.89.